The van der Waals surface area contributed by atoms with Gasteiger partial charge in [-0.15, -0.1) is 24.0 Å². The summed E-state index contributed by atoms with van der Waals surface area (Å²) in [5, 5.41) is 6.02. The van der Waals surface area contributed by atoms with E-state index in [0.717, 1.165) is 38.2 Å². The summed E-state index contributed by atoms with van der Waals surface area (Å²) in [6.07, 6.45) is -2.66. The van der Waals surface area contributed by atoms with Crippen LogP contribution in [0.4, 0.5) is 13.2 Å². The largest absolute Gasteiger partial charge is 0.416 e. The van der Waals surface area contributed by atoms with Crippen molar-refractivity contribution in [3.8, 4) is 0 Å². The van der Waals surface area contributed by atoms with Crippen LogP contribution in [-0.2, 0) is 27.0 Å². The van der Waals surface area contributed by atoms with Gasteiger partial charge in [0.05, 0.1) is 31.9 Å². The number of rotatable bonds is 10. The molecule has 1 unspecified atom stereocenters. The van der Waals surface area contributed by atoms with Crippen LogP contribution < -0.4 is 10.6 Å². The predicted octanol–water partition coefficient (Wildman–Crippen LogP) is 2.89. The zero-order chi connectivity index (χ0) is 22.7. The van der Waals surface area contributed by atoms with Gasteiger partial charge in [0.2, 0.25) is 5.91 Å². The molecule has 2 rings (SSSR count). The molecule has 2 N–H and O–H groups in total. The van der Waals surface area contributed by atoms with Gasteiger partial charge in [-0.1, -0.05) is 12.1 Å². The molecular formula is C21H32F3IN4O3. The van der Waals surface area contributed by atoms with E-state index in [0.29, 0.717) is 37.2 Å². The highest BCUT2D eigenvalue weighted by Crippen LogP contribution is 2.29. The van der Waals surface area contributed by atoms with E-state index in [1.807, 2.05) is 0 Å². The van der Waals surface area contributed by atoms with Gasteiger partial charge in [-0.05, 0) is 30.5 Å². The Balaban J connectivity index is 0.00000512. The van der Waals surface area contributed by atoms with Crippen molar-refractivity contribution in [1.29, 1.82) is 0 Å². The lowest BCUT2D eigenvalue weighted by molar-refractivity contribution is -0.137. The lowest BCUT2D eigenvalue weighted by Gasteiger charge is -2.15. The van der Waals surface area contributed by atoms with Crippen LogP contribution in [0.3, 0.4) is 0 Å². The Labute approximate surface area is 204 Å². The molecule has 0 aromatic heterocycles. The van der Waals surface area contributed by atoms with E-state index < -0.39 is 11.7 Å². The predicted molar refractivity (Wildman–Crippen MR) is 127 cm³/mol. The number of halogens is 4. The number of amides is 1. The minimum atomic E-state index is -4.40. The van der Waals surface area contributed by atoms with Gasteiger partial charge in [-0.2, -0.15) is 13.2 Å². The summed E-state index contributed by atoms with van der Waals surface area (Å²) in [7, 11) is 3.28. The highest BCUT2D eigenvalue weighted by molar-refractivity contribution is 14.0. The zero-order valence-corrected chi connectivity index (χ0v) is 20.7. The fraction of sp³-hybridized carbons (Fsp3) is 0.619. The average molecular weight is 572 g/mol. The number of hydrogen-bond acceptors (Lipinski definition) is 4. The Hall–Kier alpha value is -1.60. The molecule has 1 aliphatic heterocycles. The van der Waals surface area contributed by atoms with Crippen LogP contribution in [0.25, 0.3) is 0 Å². The van der Waals surface area contributed by atoms with Crippen molar-refractivity contribution in [2.75, 3.05) is 53.6 Å². The number of ether oxygens (including phenoxy) is 2. The molecule has 1 atom stereocenters. The molecule has 7 nitrogen and oxygen atoms in total. The molecule has 1 heterocycles. The minimum absolute atomic E-state index is 0. The van der Waals surface area contributed by atoms with Crippen molar-refractivity contribution in [3.05, 3.63) is 35.4 Å². The van der Waals surface area contributed by atoms with Crippen LogP contribution >= 0.6 is 24.0 Å². The maximum absolute atomic E-state index is 12.9. The van der Waals surface area contributed by atoms with Crippen molar-refractivity contribution in [2.24, 2.45) is 10.9 Å². The summed E-state index contributed by atoms with van der Waals surface area (Å²) in [5.74, 6) is 0.670. The number of alkyl halides is 3. The summed E-state index contributed by atoms with van der Waals surface area (Å²) >= 11 is 0. The van der Waals surface area contributed by atoms with E-state index >= 15 is 0 Å². The van der Waals surface area contributed by atoms with E-state index in [9.17, 15) is 18.0 Å². The molecule has 0 radical (unpaired) electrons. The molecule has 1 aromatic carbocycles. The highest BCUT2D eigenvalue weighted by Gasteiger charge is 2.30. The second kappa shape index (κ2) is 14.5. The SMILES string of the molecule is CN(C)C(=O)CNC(=NCc1cccc(C(F)(F)F)c1)NCCCOCC1CCOC1.I. The number of nitrogens with zero attached hydrogens (tertiary/aromatic N) is 2. The van der Waals surface area contributed by atoms with E-state index in [-0.39, 0.29) is 43.0 Å². The topological polar surface area (TPSA) is 75.2 Å². The normalized spacial score (nSPS) is 16.4. The van der Waals surface area contributed by atoms with Crippen molar-refractivity contribution < 1.29 is 27.4 Å². The number of guanidine groups is 1. The molecule has 1 amide bonds. The van der Waals surface area contributed by atoms with Gasteiger partial charge in [-0.3, -0.25) is 4.79 Å². The second-order valence-electron chi connectivity index (χ2n) is 7.59. The van der Waals surface area contributed by atoms with Crippen LogP contribution in [0.1, 0.15) is 24.0 Å². The van der Waals surface area contributed by atoms with Crippen molar-refractivity contribution in [3.63, 3.8) is 0 Å². The Morgan fingerprint density at radius 1 is 1.31 bits per heavy atom. The third-order valence-corrected chi connectivity index (χ3v) is 4.72. The van der Waals surface area contributed by atoms with Gasteiger partial charge in [0.25, 0.3) is 0 Å². The third-order valence-electron chi connectivity index (χ3n) is 4.72. The van der Waals surface area contributed by atoms with E-state index in [1.54, 1.807) is 20.2 Å². The average Bonchev–Trinajstić information content (AvgIpc) is 3.24. The Bertz CT molecular complexity index is 726. The second-order valence-corrected chi connectivity index (χ2v) is 7.59. The van der Waals surface area contributed by atoms with Crippen molar-refractivity contribution >= 4 is 35.8 Å². The molecule has 1 saturated heterocycles. The standard InChI is InChI=1S/C21H31F3N4O3.HI/c1-28(2)19(29)13-27-20(25-8-4-9-30-14-17-7-10-31-15-17)26-12-16-5-3-6-18(11-16)21(22,23)24;/h3,5-6,11,17H,4,7-10,12-15H2,1-2H3,(H2,25,26,27);1H. The molecule has 0 spiro atoms. The van der Waals surface area contributed by atoms with Crippen molar-refractivity contribution in [2.45, 2.75) is 25.6 Å². The van der Waals surface area contributed by atoms with E-state index in [4.69, 9.17) is 9.47 Å². The Kier molecular flexibility index (Phi) is 12.9. The molecule has 32 heavy (non-hydrogen) atoms. The summed E-state index contributed by atoms with van der Waals surface area (Å²) < 4.78 is 49.7. The lowest BCUT2D eigenvalue weighted by atomic mass is 10.1. The molecule has 1 aromatic rings. The number of likely N-dealkylation sites (N-methyl/N-ethyl adjacent to an activating group) is 1. The summed E-state index contributed by atoms with van der Waals surface area (Å²) in [6.45, 7) is 3.40. The Morgan fingerprint density at radius 3 is 2.75 bits per heavy atom. The van der Waals surface area contributed by atoms with Crippen molar-refractivity contribution in [1.82, 2.24) is 15.5 Å². The number of hydrogen-bond donors (Lipinski definition) is 2. The van der Waals surface area contributed by atoms with Crippen LogP contribution in [0.2, 0.25) is 0 Å². The van der Waals surface area contributed by atoms with Gasteiger partial charge < -0.3 is 25.0 Å². The summed E-state index contributed by atoms with van der Waals surface area (Å²) in [6, 6.07) is 5.04. The highest BCUT2D eigenvalue weighted by atomic mass is 127. The number of carbonyl (C=O) groups is 1. The molecular weight excluding hydrogens is 540 g/mol. The fourth-order valence-electron chi connectivity index (χ4n) is 2.85. The van der Waals surface area contributed by atoms with E-state index in [1.165, 1.54) is 11.0 Å². The molecule has 1 fully saturated rings. The lowest BCUT2D eigenvalue weighted by Crippen LogP contribution is -2.43. The van der Waals surface area contributed by atoms with Crippen LogP contribution in [-0.4, -0.2) is 70.4 Å². The van der Waals surface area contributed by atoms with Crippen LogP contribution in [0, 0.1) is 5.92 Å². The van der Waals surface area contributed by atoms with Gasteiger partial charge in [0, 0.05) is 39.8 Å². The first-order valence-electron chi connectivity index (χ1n) is 10.3. The molecule has 1 aliphatic rings. The quantitative estimate of drug-likeness (QED) is 0.195. The monoisotopic (exact) mass is 572 g/mol. The maximum Gasteiger partial charge on any atom is 0.416 e. The zero-order valence-electron chi connectivity index (χ0n) is 18.4. The van der Waals surface area contributed by atoms with Gasteiger partial charge in [-0.25, -0.2) is 4.99 Å². The van der Waals surface area contributed by atoms with E-state index in [2.05, 4.69) is 15.6 Å². The molecule has 11 heteroatoms. The summed E-state index contributed by atoms with van der Waals surface area (Å²) in [5.41, 5.74) is -0.285. The molecule has 0 saturated carbocycles. The molecule has 0 bridgehead atoms. The number of carbonyl (C=O) groups excluding carboxylic acids is 1. The van der Waals surface area contributed by atoms with Crippen LogP contribution in [0.5, 0.6) is 0 Å². The number of nitrogens with one attached hydrogen (secondary N) is 2. The maximum atomic E-state index is 12.9. The van der Waals surface area contributed by atoms with Crippen LogP contribution in [0.15, 0.2) is 29.3 Å². The molecule has 0 aliphatic carbocycles. The minimum Gasteiger partial charge on any atom is -0.381 e. The smallest absolute Gasteiger partial charge is 0.381 e. The Morgan fingerprint density at radius 2 is 2.09 bits per heavy atom. The van der Waals surface area contributed by atoms with Gasteiger partial charge in [0.15, 0.2) is 5.96 Å². The fourth-order valence-corrected chi connectivity index (χ4v) is 2.85. The summed E-state index contributed by atoms with van der Waals surface area (Å²) in [4.78, 5) is 17.6. The number of benzene rings is 1. The van der Waals surface area contributed by atoms with Gasteiger partial charge >= 0.3 is 6.18 Å². The molecule has 182 valence electrons. The first kappa shape index (κ1) is 28.4. The first-order valence-corrected chi connectivity index (χ1v) is 10.3. The third kappa shape index (κ3) is 10.8. The van der Waals surface area contributed by atoms with Gasteiger partial charge in [0.1, 0.15) is 0 Å². The number of aliphatic imine (C=N–C) groups is 1. The first-order chi connectivity index (χ1) is 14.8.